The topological polar surface area (TPSA) is 81.1 Å². The molecule has 27 heavy (non-hydrogen) atoms. The van der Waals surface area contributed by atoms with Gasteiger partial charge < -0.3 is 5.32 Å². The van der Waals surface area contributed by atoms with Crippen LogP contribution in [0, 0.1) is 19.7 Å². The van der Waals surface area contributed by atoms with Gasteiger partial charge in [0.1, 0.15) is 5.82 Å². The fourth-order valence-electron chi connectivity index (χ4n) is 2.67. The molecule has 0 spiro atoms. The smallest absolute Gasteiger partial charge is 0.255 e. The minimum Gasteiger partial charge on any atom is -0.319 e. The highest BCUT2D eigenvalue weighted by Gasteiger charge is 2.14. The van der Waals surface area contributed by atoms with E-state index in [0.29, 0.717) is 5.56 Å². The van der Waals surface area contributed by atoms with Gasteiger partial charge >= 0.3 is 0 Å². The van der Waals surface area contributed by atoms with Crippen molar-refractivity contribution in [1.82, 2.24) is 9.78 Å². The molecule has 3 aromatic rings. The van der Waals surface area contributed by atoms with Crippen LogP contribution in [0.15, 0.2) is 53.4 Å². The number of carbonyl (C=O) groups excluding carboxylic acids is 1. The van der Waals surface area contributed by atoms with Crippen molar-refractivity contribution in [3.8, 4) is 5.69 Å². The molecule has 1 amide bonds. The minimum absolute atomic E-state index is 0.0703. The monoisotopic (exact) mass is 387 g/mol. The van der Waals surface area contributed by atoms with Crippen LogP contribution >= 0.6 is 0 Å². The molecular weight excluding hydrogens is 369 g/mol. The quantitative estimate of drug-likeness (QED) is 0.697. The maximum Gasteiger partial charge on any atom is 0.255 e. The molecule has 0 aliphatic carbocycles. The summed E-state index contributed by atoms with van der Waals surface area (Å²) < 4.78 is 38.9. The van der Waals surface area contributed by atoms with Crippen LogP contribution in [0.3, 0.4) is 0 Å². The van der Waals surface area contributed by atoms with Gasteiger partial charge in [0, 0.05) is 17.5 Å². The molecule has 2 aromatic carbocycles. The first kappa shape index (κ1) is 18.8. The molecule has 0 saturated carbocycles. The van der Waals surface area contributed by atoms with Crippen LogP contribution in [0.25, 0.3) is 5.69 Å². The summed E-state index contributed by atoms with van der Waals surface area (Å²) in [5, 5.41) is 6.79. The van der Waals surface area contributed by atoms with Gasteiger partial charge in [0.25, 0.3) is 5.91 Å². The van der Waals surface area contributed by atoms with Crippen molar-refractivity contribution in [2.75, 3.05) is 11.6 Å². The fraction of sp³-hybridized carbons (Fsp3) is 0.158. The summed E-state index contributed by atoms with van der Waals surface area (Å²) in [6.45, 7) is 3.82. The molecule has 1 aromatic heterocycles. The third kappa shape index (κ3) is 4.06. The lowest BCUT2D eigenvalue weighted by molar-refractivity contribution is 0.102. The van der Waals surface area contributed by atoms with Crippen molar-refractivity contribution in [1.29, 1.82) is 0 Å². The number of amides is 1. The molecule has 140 valence electrons. The summed E-state index contributed by atoms with van der Waals surface area (Å²) >= 11 is 0. The molecule has 0 radical (unpaired) electrons. The number of benzene rings is 2. The zero-order valence-corrected chi connectivity index (χ0v) is 15.8. The van der Waals surface area contributed by atoms with Gasteiger partial charge in [-0.15, -0.1) is 0 Å². The van der Waals surface area contributed by atoms with Gasteiger partial charge in [-0.2, -0.15) is 5.10 Å². The first-order chi connectivity index (χ1) is 12.6. The van der Waals surface area contributed by atoms with E-state index >= 15 is 0 Å². The number of halogens is 1. The third-order valence-electron chi connectivity index (χ3n) is 4.00. The average molecular weight is 387 g/mol. The Morgan fingerprint density at radius 1 is 1.07 bits per heavy atom. The summed E-state index contributed by atoms with van der Waals surface area (Å²) in [4.78, 5) is 12.3. The predicted octanol–water partition coefficient (Wildman–Crippen LogP) is 3.28. The van der Waals surface area contributed by atoms with E-state index in [1.54, 1.807) is 28.9 Å². The van der Waals surface area contributed by atoms with Crippen LogP contribution in [0.1, 0.15) is 21.7 Å². The summed E-state index contributed by atoms with van der Waals surface area (Å²) in [5.41, 5.74) is 2.76. The number of nitrogens with zero attached hydrogens (tertiary/aromatic N) is 2. The molecule has 0 unspecified atom stereocenters. The number of aryl methyl sites for hydroxylation is 2. The van der Waals surface area contributed by atoms with E-state index in [1.807, 2.05) is 19.9 Å². The SMILES string of the molecule is Cc1cc(C)n(-c2ccc(C(=O)Nc3cc(S(C)(=O)=O)ccc3F)cc2)n1. The van der Waals surface area contributed by atoms with Crippen molar-refractivity contribution >= 4 is 21.4 Å². The molecule has 1 N–H and O–H groups in total. The van der Waals surface area contributed by atoms with Crippen molar-refractivity contribution in [2.45, 2.75) is 18.7 Å². The third-order valence-corrected chi connectivity index (χ3v) is 5.11. The molecule has 0 fully saturated rings. The van der Waals surface area contributed by atoms with Crippen LogP contribution in [0.5, 0.6) is 0 Å². The first-order valence-electron chi connectivity index (χ1n) is 8.10. The van der Waals surface area contributed by atoms with Gasteiger partial charge in [-0.1, -0.05) is 0 Å². The van der Waals surface area contributed by atoms with Crippen molar-refractivity contribution in [2.24, 2.45) is 0 Å². The summed E-state index contributed by atoms with van der Waals surface area (Å²) in [7, 11) is -3.51. The highest BCUT2D eigenvalue weighted by atomic mass is 32.2. The Hall–Kier alpha value is -3.00. The second-order valence-corrected chi connectivity index (χ2v) is 8.27. The lowest BCUT2D eigenvalue weighted by Crippen LogP contribution is -2.14. The molecule has 0 bridgehead atoms. The summed E-state index contributed by atoms with van der Waals surface area (Å²) in [6, 6.07) is 11.9. The number of anilines is 1. The molecule has 0 saturated heterocycles. The first-order valence-corrected chi connectivity index (χ1v) is 9.99. The molecule has 1 heterocycles. The van der Waals surface area contributed by atoms with Crippen LogP contribution in [-0.4, -0.2) is 30.4 Å². The van der Waals surface area contributed by atoms with E-state index < -0.39 is 21.6 Å². The standard InChI is InChI=1S/C19H18FN3O3S/c1-12-10-13(2)23(22-12)15-6-4-14(5-7-15)19(24)21-18-11-16(27(3,25)26)8-9-17(18)20/h4-11H,1-3H3,(H,21,24). The van der Waals surface area contributed by atoms with Gasteiger partial charge in [-0.25, -0.2) is 17.5 Å². The van der Waals surface area contributed by atoms with Crippen LogP contribution in [-0.2, 0) is 9.84 Å². The molecule has 3 rings (SSSR count). The lowest BCUT2D eigenvalue weighted by atomic mass is 10.2. The molecule has 8 heteroatoms. The van der Waals surface area contributed by atoms with E-state index in [0.717, 1.165) is 41.5 Å². The summed E-state index contributed by atoms with van der Waals surface area (Å²) in [5.74, 6) is -1.26. The largest absolute Gasteiger partial charge is 0.319 e. The Kier molecular flexibility index (Phi) is 4.84. The zero-order valence-electron chi connectivity index (χ0n) is 15.0. The number of aromatic nitrogens is 2. The van der Waals surface area contributed by atoms with Gasteiger partial charge in [0.15, 0.2) is 9.84 Å². The Bertz CT molecular complexity index is 1120. The van der Waals surface area contributed by atoms with E-state index in [9.17, 15) is 17.6 Å². The number of sulfone groups is 1. The van der Waals surface area contributed by atoms with Gasteiger partial charge in [0.05, 0.1) is 22.0 Å². The number of carbonyl (C=O) groups is 1. The average Bonchev–Trinajstić information content (AvgIpc) is 2.94. The lowest BCUT2D eigenvalue weighted by Gasteiger charge is -2.09. The Morgan fingerprint density at radius 2 is 1.74 bits per heavy atom. The molecule has 0 atom stereocenters. The highest BCUT2D eigenvalue weighted by Crippen LogP contribution is 2.21. The Balaban J connectivity index is 1.84. The van der Waals surface area contributed by atoms with Gasteiger partial charge in [-0.3, -0.25) is 4.79 Å². The predicted molar refractivity (Wildman–Crippen MR) is 101 cm³/mol. The van der Waals surface area contributed by atoms with Gasteiger partial charge in [-0.05, 0) is 62.4 Å². The maximum atomic E-state index is 13.9. The van der Waals surface area contributed by atoms with Crippen LogP contribution in [0.2, 0.25) is 0 Å². The van der Waals surface area contributed by atoms with Crippen molar-refractivity contribution in [3.63, 3.8) is 0 Å². The number of hydrogen-bond acceptors (Lipinski definition) is 4. The van der Waals surface area contributed by atoms with E-state index in [-0.39, 0.29) is 10.6 Å². The van der Waals surface area contributed by atoms with Crippen molar-refractivity contribution < 1.29 is 17.6 Å². The Morgan fingerprint density at radius 3 is 2.30 bits per heavy atom. The van der Waals surface area contributed by atoms with Crippen LogP contribution in [0.4, 0.5) is 10.1 Å². The van der Waals surface area contributed by atoms with E-state index in [2.05, 4.69) is 10.4 Å². The molecule has 0 aliphatic rings. The van der Waals surface area contributed by atoms with E-state index in [1.165, 1.54) is 0 Å². The molecule has 6 nitrogen and oxygen atoms in total. The maximum absolute atomic E-state index is 13.9. The second-order valence-electron chi connectivity index (χ2n) is 6.25. The number of rotatable bonds is 4. The number of hydrogen-bond donors (Lipinski definition) is 1. The molecular formula is C19H18FN3O3S. The summed E-state index contributed by atoms with van der Waals surface area (Å²) in [6.07, 6.45) is 1.02. The van der Waals surface area contributed by atoms with Crippen LogP contribution < -0.4 is 5.32 Å². The Labute approximate surface area is 156 Å². The number of nitrogens with one attached hydrogen (secondary N) is 1. The fourth-order valence-corrected chi connectivity index (χ4v) is 3.32. The van der Waals surface area contributed by atoms with Crippen molar-refractivity contribution in [3.05, 3.63) is 71.3 Å². The zero-order chi connectivity index (χ0) is 19.8. The van der Waals surface area contributed by atoms with Gasteiger partial charge in [0.2, 0.25) is 0 Å². The second kappa shape index (κ2) is 6.96. The normalized spacial score (nSPS) is 11.4. The molecule has 0 aliphatic heterocycles. The highest BCUT2D eigenvalue weighted by molar-refractivity contribution is 7.90. The minimum atomic E-state index is -3.51. The van der Waals surface area contributed by atoms with E-state index in [4.69, 9.17) is 0 Å².